The Morgan fingerprint density at radius 3 is 2.83 bits per heavy atom. The highest BCUT2D eigenvalue weighted by Gasteiger charge is 2.19. The molecule has 0 spiro atoms. The van der Waals surface area contributed by atoms with Crippen LogP contribution in [0, 0.1) is 0 Å². The molecule has 0 amide bonds. The van der Waals surface area contributed by atoms with Gasteiger partial charge in [-0.3, -0.25) is 4.68 Å². The number of hydrogen-bond acceptors (Lipinski definition) is 3. The van der Waals surface area contributed by atoms with Gasteiger partial charge in [0.1, 0.15) is 6.10 Å². The topological polar surface area (TPSA) is 41.3 Å². The van der Waals surface area contributed by atoms with Crippen molar-refractivity contribution in [3.8, 4) is 0 Å². The molecule has 4 heteroatoms. The Hall–Kier alpha value is -1.81. The van der Waals surface area contributed by atoms with Gasteiger partial charge >= 0.3 is 0 Å². The minimum atomic E-state index is -0.603. The molecule has 1 unspecified atom stereocenters. The Labute approximate surface area is 106 Å². The highest BCUT2D eigenvalue weighted by Crippen LogP contribution is 2.31. The molecule has 4 nitrogen and oxygen atoms in total. The molecule has 1 aliphatic rings. The summed E-state index contributed by atoms with van der Waals surface area (Å²) in [5.74, 6) is 0. The number of anilines is 1. The lowest BCUT2D eigenvalue weighted by Crippen LogP contribution is -2.12. The van der Waals surface area contributed by atoms with Crippen LogP contribution in [-0.4, -0.2) is 28.5 Å². The van der Waals surface area contributed by atoms with E-state index in [1.54, 1.807) is 10.9 Å². The first-order valence-corrected chi connectivity index (χ1v) is 6.17. The number of hydrogen-bond donors (Lipinski definition) is 1. The van der Waals surface area contributed by atoms with Gasteiger partial charge in [0.05, 0.1) is 5.69 Å². The number of aliphatic hydroxyl groups excluding tert-OH is 1. The molecular formula is C14H17N3O. The predicted molar refractivity (Wildman–Crippen MR) is 70.7 cm³/mol. The van der Waals surface area contributed by atoms with E-state index in [0.717, 1.165) is 24.2 Å². The van der Waals surface area contributed by atoms with Gasteiger partial charge in [0.2, 0.25) is 0 Å². The standard InChI is InChI=1S/C14H17N3O/c1-16-8-6-10-9-11(3-4-12(10)16)14(18)13-5-7-15-17(13)2/h3-5,7,9,14,18H,6,8H2,1-2H3. The third-order valence-corrected chi connectivity index (χ3v) is 3.69. The summed E-state index contributed by atoms with van der Waals surface area (Å²) in [4.78, 5) is 2.25. The number of rotatable bonds is 2. The molecule has 0 saturated carbocycles. The monoisotopic (exact) mass is 243 g/mol. The van der Waals surface area contributed by atoms with E-state index >= 15 is 0 Å². The van der Waals surface area contributed by atoms with Gasteiger partial charge in [-0.1, -0.05) is 12.1 Å². The van der Waals surface area contributed by atoms with Crippen molar-refractivity contribution in [3.63, 3.8) is 0 Å². The molecule has 18 heavy (non-hydrogen) atoms. The fraction of sp³-hybridized carbons (Fsp3) is 0.357. The zero-order valence-electron chi connectivity index (χ0n) is 10.7. The highest BCUT2D eigenvalue weighted by atomic mass is 16.3. The number of nitrogens with zero attached hydrogens (tertiary/aromatic N) is 3. The van der Waals surface area contributed by atoms with Gasteiger partial charge in [-0.2, -0.15) is 5.10 Å². The van der Waals surface area contributed by atoms with Crippen LogP contribution in [0.3, 0.4) is 0 Å². The fourth-order valence-corrected chi connectivity index (χ4v) is 2.58. The second-order valence-electron chi connectivity index (χ2n) is 4.84. The molecule has 1 atom stereocenters. The lowest BCUT2D eigenvalue weighted by molar-refractivity contribution is 0.209. The largest absolute Gasteiger partial charge is 0.382 e. The van der Waals surface area contributed by atoms with Crippen molar-refractivity contribution < 1.29 is 5.11 Å². The highest BCUT2D eigenvalue weighted by molar-refractivity contribution is 5.59. The van der Waals surface area contributed by atoms with Crippen LogP contribution in [0.25, 0.3) is 0 Å². The molecule has 1 aromatic heterocycles. The maximum atomic E-state index is 10.4. The third-order valence-electron chi connectivity index (χ3n) is 3.69. The molecule has 1 aromatic carbocycles. The zero-order valence-corrected chi connectivity index (χ0v) is 10.7. The minimum Gasteiger partial charge on any atom is -0.382 e. The van der Waals surface area contributed by atoms with Crippen molar-refractivity contribution in [1.82, 2.24) is 9.78 Å². The molecule has 0 bridgehead atoms. The van der Waals surface area contributed by atoms with Gasteiger partial charge in [-0.25, -0.2) is 0 Å². The minimum absolute atomic E-state index is 0.603. The Morgan fingerprint density at radius 1 is 1.28 bits per heavy atom. The Kier molecular flexibility index (Phi) is 2.59. The summed E-state index contributed by atoms with van der Waals surface area (Å²) in [5, 5.41) is 14.5. The molecule has 2 aromatic rings. The summed E-state index contributed by atoms with van der Waals surface area (Å²) in [7, 11) is 3.95. The van der Waals surface area contributed by atoms with E-state index in [0.29, 0.717) is 0 Å². The van der Waals surface area contributed by atoms with Crippen LogP contribution in [0.5, 0.6) is 0 Å². The lowest BCUT2D eigenvalue weighted by atomic mass is 10.0. The van der Waals surface area contributed by atoms with Crippen molar-refractivity contribution in [3.05, 3.63) is 47.3 Å². The van der Waals surface area contributed by atoms with Crippen LogP contribution >= 0.6 is 0 Å². The number of aliphatic hydroxyl groups is 1. The predicted octanol–water partition coefficient (Wildman–Crippen LogP) is 1.49. The maximum Gasteiger partial charge on any atom is 0.121 e. The van der Waals surface area contributed by atoms with Gasteiger partial charge in [-0.05, 0) is 29.7 Å². The Morgan fingerprint density at radius 2 is 2.11 bits per heavy atom. The van der Waals surface area contributed by atoms with E-state index in [1.165, 1.54) is 11.3 Å². The van der Waals surface area contributed by atoms with Crippen molar-refractivity contribution in [1.29, 1.82) is 0 Å². The average molecular weight is 243 g/mol. The van der Waals surface area contributed by atoms with Gasteiger partial charge in [0.15, 0.2) is 0 Å². The number of aryl methyl sites for hydroxylation is 1. The molecule has 94 valence electrons. The van der Waals surface area contributed by atoms with E-state index in [2.05, 4.69) is 29.2 Å². The molecule has 1 aliphatic heterocycles. The Balaban J connectivity index is 1.96. The molecule has 0 aliphatic carbocycles. The first-order valence-electron chi connectivity index (χ1n) is 6.17. The van der Waals surface area contributed by atoms with Crippen LogP contribution in [-0.2, 0) is 13.5 Å². The van der Waals surface area contributed by atoms with Crippen molar-refractivity contribution in [2.45, 2.75) is 12.5 Å². The second kappa shape index (κ2) is 4.14. The van der Waals surface area contributed by atoms with Crippen LogP contribution in [0.2, 0.25) is 0 Å². The number of fused-ring (bicyclic) bond motifs is 1. The number of aromatic nitrogens is 2. The van der Waals surface area contributed by atoms with Gasteiger partial charge in [-0.15, -0.1) is 0 Å². The molecule has 0 fully saturated rings. The first-order chi connectivity index (χ1) is 8.66. The molecular weight excluding hydrogens is 226 g/mol. The summed E-state index contributed by atoms with van der Waals surface area (Å²) in [6, 6.07) is 8.05. The second-order valence-corrected chi connectivity index (χ2v) is 4.84. The molecule has 2 heterocycles. The van der Waals surface area contributed by atoms with Crippen molar-refractivity contribution in [2.75, 3.05) is 18.5 Å². The quantitative estimate of drug-likeness (QED) is 0.869. The summed E-state index contributed by atoms with van der Waals surface area (Å²) >= 11 is 0. The molecule has 0 radical (unpaired) electrons. The van der Waals surface area contributed by atoms with Gasteiger partial charge < -0.3 is 10.0 Å². The maximum absolute atomic E-state index is 10.4. The normalized spacial score (nSPS) is 15.8. The fourth-order valence-electron chi connectivity index (χ4n) is 2.58. The van der Waals surface area contributed by atoms with Crippen molar-refractivity contribution >= 4 is 5.69 Å². The smallest absolute Gasteiger partial charge is 0.121 e. The van der Waals surface area contributed by atoms with Gasteiger partial charge in [0.25, 0.3) is 0 Å². The van der Waals surface area contributed by atoms with Gasteiger partial charge in [0, 0.05) is 32.5 Å². The van der Waals surface area contributed by atoms with Crippen LogP contribution in [0.4, 0.5) is 5.69 Å². The molecule has 1 N–H and O–H groups in total. The van der Waals surface area contributed by atoms with Crippen LogP contribution < -0.4 is 4.90 Å². The van der Waals surface area contributed by atoms with E-state index in [4.69, 9.17) is 0 Å². The van der Waals surface area contributed by atoms with E-state index in [-0.39, 0.29) is 0 Å². The van der Waals surface area contributed by atoms with E-state index < -0.39 is 6.10 Å². The number of likely N-dealkylation sites (N-methyl/N-ethyl adjacent to an activating group) is 1. The summed E-state index contributed by atoms with van der Waals surface area (Å²) < 4.78 is 1.71. The van der Waals surface area contributed by atoms with Crippen LogP contribution in [0.15, 0.2) is 30.5 Å². The average Bonchev–Trinajstić information content (AvgIpc) is 2.95. The van der Waals surface area contributed by atoms with Crippen molar-refractivity contribution in [2.24, 2.45) is 7.05 Å². The third kappa shape index (κ3) is 1.69. The summed E-state index contributed by atoms with van der Waals surface area (Å²) in [6.45, 7) is 1.06. The summed E-state index contributed by atoms with van der Waals surface area (Å²) in [6.07, 6.45) is 2.16. The first kappa shape index (κ1) is 11.3. The van der Waals surface area contributed by atoms with E-state index in [1.807, 2.05) is 19.2 Å². The lowest BCUT2D eigenvalue weighted by Gasteiger charge is -2.15. The van der Waals surface area contributed by atoms with Crippen LogP contribution in [0.1, 0.15) is 22.9 Å². The Bertz CT molecular complexity index is 576. The summed E-state index contributed by atoms with van der Waals surface area (Å²) in [5.41, 5.74) is 4.35. The SMILES string of the molecule is CN1CCc2cc(C(O)c3ccnn3C)ccc21. The number of benzene rings is 1. The zero-order chi connectivity index (χ0) is 12.7. The molecule has 3 rings (SSSR count). The molecule has 0 saturated heterocycles. The van der Waals surface area contributed by atoms with E-state index in [9.17, 15) is 5.11 Å².